The molecule has 1 aromatic rings. The predicted molar refractivity (Wildman–Crippen MR) is 50.6 cm³/mol. The van der Waals surface area contributed by atoms with Crippen molar-refractivity contribution in [2.24, 2.45) is 5.92 Å². The van der Waals surface area contributed by atoms with Gasteiger partial charge in [0.25, 0.3) is 0 Å². The van der Waals surface area contributed by atoms with Crippen molar-refractivity contribution in [2.75, 3.05) is 0 Å². The van der Waals surface area contributed by atoms with E-state index in [2.05, 4.69) is 0 Å². The highest BCUT2D eigenvalue weighted by atomic mass is 16.3. The van der Waals surface area contributed by atoms with Crippen molar-refractivity contribution in [1.29, 1.82) is 0 Å². The van der Waals surface area contributed by atoms with E-state index >= 15 is 0 Å². The Labute approximate surface area is 78.6 Å². The van der Waals surface area contributed by atoms with E-state index in [1.165, 1.54) is 0 Å². The smallest absolute Gasteiger partial charge is 0.107 e. The van der Waals surface area contributed by atoms with Crippen molar-refractivity contribution in [3.05, 3.63) is 22.6 Å². The van der Waals surface area contributed by atoms with Crippen LogP contribution in [0.15, 0.2) is 4.42 Å². The van der Waals surface area contributed by atoms with E-state index in [9.17, 15) is 5.11 Å². The van der Waals surface area contributed by atoms with Gasteiger partial charge in [0.15, 0.2) is 0 Å². The third kappa shape index (κ3) is 1.39. The summed E-state index contributed by atoms with van der Waals surface area (Å²) in [5.74, 6) is 2.30. The van der Waals surface area contributed by atoms with E-state index in [1.54, 1.807) is 0 Å². The van der Waals surface area contributed by atoms with E-state index in [0.717, 1.165) is 35.5 Å². The van der Waals surface area contributed by atoms with Gasteiger partial charge in [0.2, 0.25) is 0 Å². The summed E-state index contributed by atoms with van der Waals surface area (Å²) in [6.45, 7) is 5.90. The highest BCUT2D eigenvalue weighted by Gasteiger charge is 2.34. The van der Waals surface area contributed by atoms with E-state index in [-0.39, 0.29) is 6.10 Å². The average Bonchev–Trinajstić information content (AvgIpc) is 2.82. The molecule has 72 valence electrons. The number of furan rings is 1. The Hall–Kier alpha value is -0.760. The van der Waals surface area contributed by atoms with Gasteiger partial charge in [-0.05, 0) is 45.1 Å². The summed E-state index contributed by atoms with van der Waals surface area (Å²) < 4.78 is 5.48. The molecule has 13 heavy (non-hydrogen) atoms. The molecule has 2 nitrogen and oxygen atoms in total. The molecule has 0 amide bonds. The molecule has 0 spiro atoms. The zero-order valence-electron chi connectivity index (χ0n) is 8.42. The Bertz CT molecular complexity index is 321. The van der Waals surface area contributed by atoms with Crippen LogP contribution in [-0.4, -0.2) is 5.11 Å². The van der Waals surface area contributed by atoms with Crippen molar-refractivity contribution >= 4 is 0 Å². The molecule has 0 bridgehead atoms. The van der Waals surface area contributed by atoms with Crippen LogP contribution >= 0.6 is 0 Å². The van der Waals surface area contributed by atoms with Gasteiger partial charge in [-0.15, -0.1) is 0 Å². The van der Waals surface area contributed by atoms with Gasteiger partial charge >= 0.3 is 0 Å². The van der Waals surface area contributed by atoms with Crippen LogP contribution in [0.4, 0.5) is 0 Å². The van der Waals surface area contributed by atoms with Gasteiger partial charge in [0, 0.05) is 5.56 Å². The fraction of sp³-hybridized carbons (Fsp3) is 0.636. The number of aryl methyl sites for hydroxylation is 2. The molecule has 2 heteroatoms. The molecule has 1 unspecified atom stereocenters. The quantitative estimate of drug-likeness (QED) is 0.759. The molecule has 1 aliphatic carbocycles. The van der Waals surface area contributed by atoms with Gasteiger partial charge in [-0.1, -0.05) is 0 Å². The maximum atomic E-state index is 9.98. The van der Waals surface area contributed by atoms with Crippen molar-refractivity contribution in [3.8, 4) is 0 Å². The number of rotatable bonds is 2. The Morgan fingerprint density at radius 3 is 2.23 bits per heavy atom. The predicted octanol–water partition coefficient (Wildman–Crippen LogP) is 2.65. The first-order valence-electron chi connectivity index (χ1n) is 4.85. The molecule has 0 saturated heterocycles. The molecule has 1 heterocycles. The molecule has 1 aromatic heterocycles. The fourth-order valence-corrected chi connectivity index (χ4v) is 1.89. The zero-order chi connectivity index (χ0) is 9.59. The minimum atomic E-state index is -0.294. The number of hydrogen-bond acceptors (Lipinski definition) is 2. The van der Waals surface area contributed by atoms with Crippen LogP contribution in [0.2, 0.25) is 0 Å². The lowest BCUT2D eigenvalue weighted by molar-refractivity contribution is 0.151. The lowest BCUT2D eigenvalue weighted by Crippen LogP contribution is -2.01. The maximum absolute atomic E-state index is 9.98. The largest absolute Gasteiger partial charge is 0.466 e. The molecule has 1 saturated carbocycles. The lowest BCUT2D eigenvalue weighted by Gasteiger charge is -2.08. The van der Waals surface area contributed by atoms with Crippen LogP contribution in [-0.2, 0) is 0 Å². The first-order valence-corrected chi connectivity index (χ1v) is 4.85. The minimum Gasteiger partial charge on any atom is -0.466 e. The van der Waals surface area contributed by atoms with Gasteiger partial charge in [-0.25, -0.2) is 0 Å². The molecule has 0 aliphatic heterocycles. The molecule has 1 N–H and O–H groups in total. The van der Waals surface area contributed by atoms with Crippen molar-refractivity contribution < 1.29 is 9.52 Å². The molecule has 0 radical (unpaired) electrons. The lowest BCUT2D eigenvalue weighted by atomic mass is 10.0. The summed E-state index contributed by atoms with van der Waals surface area (Å²) in [7, 11) is 0. The number of aliphatic hydroxyl groups excluding tert-OH is 1. The summed E-state index contributed by atoms with van der Waals surface area (Å²) in [4.78, 5) is 0. The van der Waals surface area contributed by atoms with Gasteiger partial charge in [-0.2, -0.15) is 0 Å². The Kier molecular flexibility index (Phi) is 1.95. The molecule has 0 aromatic carbocycles. The Morgan fingerprint density at radius 1 is 1.23 bits per heavy atom. The topological polar surface area (TPSA) is 33.4 Å². The van der Waals surface area contributed by atoms with Crippen LogP contribution in [0.3, 0.4) is 0 Å². The van der Waals surface area contributed by atoms with Crippen LogP contribution < -0.4 is 0 Å². The van der Waals surface area contributed by atoms with Gasteiger partial charge in [-0.3, -0.25) is 0 Å². The maximum Gasteiger partial charge on any atom is 0.107 e. The van der Waals surface area contributed by atoms with Crippen molar-refractivity contribution in [2.45, 2.75) is 39.7 Å². The van der Waals surface area contributed by atoms with Gasteiger partial charge < -0.3 is 9.52 Å². The molecule has 1 aliphatic rings. The Balaban J connectivity index is 2.36. The Morgan fingerprint density at radius 2 is 1.85 bits per heavy atom. The van der Waals surface area contributed by atoms with Gasteiger partial charge in [0.1, 0.15) is 11.5 Å². The third-order valence-corrected chi connectivity index (χ3v) is 2.98. The standard InChI is InChI=1S/C11H16O2/c1-6-7(2)13-8(3)10(6)11(12)9-4-5-9/h9,11-12H,4-5H2,1-3H3. The first-order chi connectivity index (χ1) is 6.11. The third-order valence-electron chi connectivity index (χ3n) is 2.98. The summed E-state index contributed by atoms with van der Waals surface area (Å²) >= 11 is 0. The van der Waals surface area contributed by atoms with Crippen LogP contribution in [0.25, 0.3) is 0 Å². The molecular formula is C11H16O2. The molecule has 2 rings (SSSR count). The summed E-state index contributed by atoms with van der Waals surface area (Å²) in [5, 5.41) is 9.98. The van der Waals surface area contributed by atoms with Crippen molar-refractivity contribution in [3.63, 3.8) is 0 Å². The van der Waals surface area contributed by atoms with E-state index in [0.29, 0.717) is 5.92 Å². The van der Waals surface area contributed by atoms with E-state index < -0.39 is 0 Å². The molecular weight excluding hydrogens is 164 g/mol. The highest BCUT2D eigenvalue weighted by molar-refractivity contribution is 5.34. The second-order valence-corrected chi connectivity index (χ2v) is 4.04. The van der Waals surface area contributed by atoms with Gasteiger partial charge in [0.05, 0.1) is 6.10 Å². The summed E-state index contributed by atoms with van der Waals surface area (Å²) in [5.41, 5.74) is 2.15. The summed E-state index contributed by atoms with van der Waals surface area (Å²) in [6.07, 6.45) is 2.02. The van der Waals surface area contributed by atoms with Crippen LogP contribution in [0.5, 0.6) is 0 Å². The minimum absolute atomic E-state index is 0.294. The number of hydrogen-bond donors (Lipinski definition) is 1. The molecule has 1 fully saturated rings. The van der Waals surface area contributed by atoms with E-state index in [1.807, 2.05) is 20.8 Å². The summed E-state index contributed by atoms with van der Waals surface area (Å²) in [6, 6.07) is 0. The number of aliphatic hydroxyl groups is 1. The van der Waals surface area contributed by atoms with Crippen LogP contribution in [0.1, 0.15) is 41.6 Å². The van der Waals surface area contributed by atoms with E-state index in [4.69, 9.17) is 4.42 Å². The second-order valence-electron chi connectivity index (χ2n) is 4.04. The average molecular weight is 180 g/mol. The SMILES string of the molecule is Cc1oc(C)c(C(O)C2CC2)c1C. The highest BCUT2D eigenvalue weighted by Crippen LogP contribution is 2.43. The zero-order valence-corrected chi connectivity index (χ0v) is 8.42. The normalized spacial score (nSPS) is 19.1. The monoisotopic (exact) mass is 180 g/mol. The first kappa shape index (κ1) is 8.82. The van der Waals surface area contributed by atoms with Crippen LogP contribution in [0, 0.1) is 26.7 Å². The fourth-order valence-electron chi connectivity index (χ4n) is 1.89. The molecule has 1 atom stereocenters. The van der Waals surface area contributed by atoms with Crippen molar-refractivity contribution in [1.82, 2.24) is 0 Å². The second kappa shape index (κ2) is 2.88.